The maximum atomic E-state index is 13.3. The third kappa shape index (κ3) is 3.03. The van der Waals surface area contributed by atoms with E-state index in [1.54, 1.807) is 4.68 Å². The lowest BCUT2D eigenvalue weighted by molar-refractivity contribution is 0.0725. The number of nitrogens with zero attached hydrogens (tertiary/aromatic N) is 3. The smallest absolute Gasteiger partial charge is 0.272 e. The molecule has 3 aromatic rings. The van der Waals surface area contributed by atoms with Gasteiger partial charge < -0.3 is 4.90 Å². The zero-order valence-electron chi connectivity index (χ0n) is 15.2. The number of aromatic nitrogens is 2. The molecular weight excluding hydrogens is 322 g/mol. The van der Waals surface area contributed by atoms with Gasteiger partial charge in [-0.2, -0.15) is 5.10 Å². The van der Waals surface area contributed by atoms with E-state index in [-0.39, 0.29) is 11.8 Å². The summed E-state index contributed by atoms with van der Waals surface area (Å²) in [5.74, 6) is 0.316. The van der Waals surface area contributed by atoms with Crippen molar-refractivity contribution in [2.75, 3.05) is 6.54 Å². The summed E-state index contributed by atoms with van der Waals surface area (Å²) in [5.41, 5.74) is 5.08. The highest BCUT2D eigenvalue weighted by Gasteiger charge is 2.26. The van der Waals surface area contributed by atoms with Crippen LogP contribution in [0, 0.1) is 0 Å². The van der Waals surface area contributed by atoms with E-state index in [1.807, 2.05) is 47.4 Å². The van der Waals surface area contributed by atoms with E-state index in [9.17, 15) is 4.79 Å². The first-order chi connectivity index (χ1) is 12.6. The van der Waals surface area contributed by atoms with Crippen LogP contribution in [0.25, 0.3) is 5.69 Å². The zero-order valence-corrected chi connectivity index (χ0v) is 15.2. The molecule has 1 aromatic heterocycles. The molecule has 26 heavy (non-hydrogen) atoms. The number of benzene rings is 2. The van der Waals surface area contributed by atoms with Gasteiger partial charge in [0, 0.05) is 13.1 Å². The van der Waals surface area contributed by atoms with Gasteiger partial charge in [0.2, 0.25) is 0 Å². The number of rotatable bonds is 3. The minimum atomic E-state index is 0.0442. The van der Waals surface area contributed by atoms with Gasteiger partial charge in [0.25, 0.3) is 5.91 Å². The second-order valence-electron chi connectivity index (χ2n) is 7.10. The fraction of sp³-hybridized carbons (Fsp3) is 0.273. The van der Waals surface area contributed by atoms with Crippen molar-refractivity contribution in [1.29, 1.82) is 0 Å². The third-order valence-corrected chi connectivity index (χ3v) is 4.96. The maximum absolute atomic E-state index is 13.3. The highest BCUT2D eigenvalue weighted by atomic mass is 16.2. The summed E-state index contributed by atoms with van der Waals surface area (Å²) in [6.45, 7) is 5.60. The highest BCUT2D eigenvalue weighted by Crippen LogP contribution is 2.23. The molecule has 1 aliphatic heterocycles. The van der Waals surface area contributed by atoms with E-state index in [0.717, 1.165) is 24.3 Å². The maximum Gasteiger partial charge on any atom is 0.272 e. The van der Waals surface area contributed by atoms with Gasteiger partial charge in [0.15, 0.2) is 0 Å². The Balaban J connectivity index is 1.70. The van der Waals surface area contributed by atoms with Crippen molar-refractivity contribution in [3.05, 3.63) is 83.2 Å². The van der Waals surface area contributed by atoms with Gasteiger partial charge in [-0.1, -0.05) is 56.3 Å². The van der Waals surface area contributed by atoms with Crippen LogP contribution in [0.2, 0.25) is 0 Å². The Morgan fingerprint density at radius 2 is 1.69 bits per heavy atom. The molecule has 4 nitrogen and oxygen atoms in total. The predicted molar refractivity (Wildman–Crippen MR) is 103 cm³/mol. The summed E-state index contributed by atoms with van der Waals surface area (Å²) in [7, 11) is 0. The van der Waals surface area contributed by atoms with E-state index in [0.29, 0.717) is 12.2 Å². The third-order valence-electron chi connectivity index (χ3n) is 4.96. The lowest BCUT2D eigenvalue weighted by Gasteiger charge is -2.29. The molecule has 0 atom stereocenters. The van der Waals surface area contributed by atoms with Gasteiger partial charge in [0.05, 0.1) is 11.4 Å². The average Bonchev–Trinajstić information content (AvgIpc) is 3.13. The van der Waals surface area contributed by atoms with Gasteiger partial charge in [-0.25, -0.2) is 4.68 Å². The van der Waals surface area contributed by atoms with Crippen LogP contribution in [0.3, 0.4) is 0 Å². The van der Waals surface area contributed by atoms with Crippen molar-refractivity contribution >= 4 is 5.91 Å². The second-order valence-corrected chi connectivity index (χ2v) is 7.10. The van der Waals surface area contributed by atoms with Gasteiger partial charge >= 0.3 is 0 Å². The van der Waals surface area contributed by atoms with E-state index in [2.05, 4.69) is 32.0 Å². The largest absolute Gasteiger partial charge is 0.333 e. The van der Waals surface area contributed by atoms with Crippen LogP contribution in [-0.4, -0.2) is 27.1 Å². The fourth-order valence-electron chi connectivity index (χ4n) is 3.43. The summed E-state index contributed by atoms with van der Waals surface area (Å²) in [6, 6.07) is 20.2. The molecule has 0 aliphatic carbocycles. The van der Waals surface area contributed by atoms with Crippen LogP contribution < -0.4 is 0 Å². The lowest BCUT2D eigenvalue weighted by Crippen LogP contribution is -2.37. The van der Waals surface area contributed by atoms with Crippen LogP contribution in [-0.2, 0) is 13.0 Å². The molecule has 4 rings (SSSR count). The molecule has 1 aliphatic rings. The Hall–Kier alpha value is -2.88. The van der Waals surface area contributed by atoms with E-state index in [4.69, 9.17) is 5.10 Å². The van der Waals surface area contributed by atoms with Crippen molar-refractivity contribution in [1.82, 2.24) is 14.7 Å². The Labute approximate surface area is 154 Å². The molecule has 4 heteroatoms. The Bertz CT molecular complexity index is 928. The normalized spacial score (nSPS) is 13.7. The summed E-state index contributed by atoms with van der Waals surface area (Å²) in [5, 5.41) is 4.71. The molecule has 2 aromatic carbocycles. The van der Waals surface area contributed by atoms with Gasteiger partial charge in [0.1, 0.15) is 5.69 Å². The minimum Gasteiger partial charge on any atom is -0.333 e. The number of hydrogen-bond acceptors (Lipinski definition) is 2. The standard InChI is InChI=1S/C22H23N3O/c1-16(2)20-14-21(25(23-20)19-10-4-3-5-11-19)22(26)24-13-12-17-8-6-7-9-18(17)15-24/h3-11,14,16H,12-13,15H2,1-2H3. The first-order valence-corrected chi connectivity index (χ1v) is 9.15. The molecule has 132 valence electrons. The van der Waals surface area contributed by atoms with Crippen LogP contribution in [0.5, 0.6) is 0 Å². The molecule has 1 amide bonds. The Morgan fingerprint density at radius 1 is 1.00 bits per heavy atom. The molecule has 0 spiro atoms. The highest BCUT2D eigenvalue weighted by molar-refractivity contribution is 5.93. The van der Waals surface area contributed by atoms with E-state index in [1.165, 1.54) is 11.1 Å². The first-order valence-electron chi connectivity index (χ1n) is 9.15. The number of para-hydroxylation sites is 1. The van der Waals surface area contributed by atoms with Crippen molar-refractivity contribution in [3.63, 3.8) is 0 Å². The number of fused-ring (bicyclic) bond motifs is 1. The van der Waals surface area contributed by atoms with Gasteiger partial charge in [-0.15, -0.1) is 0 Å². The van der Waals surface area contributed by atoms with Crippen LogP contribution in [0.1, 0.15) is 47.1 Å². The molecule has 0 saturated heterocycles. The fourth-order valence-corrected chi connectivity index (χ4v) is 3.43. The summed E-state index contributed by atoms with van der Waals surface area (Å²) in [4.78, 5) is 15.2. The second kappa shape index (κ2) is 6.79. The van der Waals surface area contributed by atoms with Crippen molar-refractivity contribution in [2.24, 2.45) is 0 Å². The van der Waals surface area contributed by atoms with Crippen molar-refractivity contribution in [2.45, 2.75) is 32.7 Å². The molecular formula is C22H23N3O. The molecule has 0 N–H and O–H groups in total. The summed E-state index contributed by atoms with van der Waals surface area (Å²) in [6.07, 6.45) is 0.901. The zero-order chi connectivity index (χ0) is 18.1. The molecule has 0 bridgehead atoms. The SMILES string of the molecule is CC(C)c1cc(C(=O)N2CCc3ccccc3C2)n(-c2ccccc2)n1. The topological polar surface area (TPSA) is 38.1 Å². The number of carbonyl (C=O) groups is 1. The van der Waals surface area contributed by atoms with Crippen LogP contribution in [0.15, 0.2) is 60.7 Å². The molecule has 2 heterocycles. The molecule has 0 saturated carbocycles. The van der Waals surface area contributed by atoms with Crippen molar-refractivity contribution < 1.29 is 4.79 Å². The van der Waals surface area contributed by atoms with E-state index < -0.39 is 0 Å². The predicted octanol–water partition coefficient (Wildman–Crippen LogP) is 4.19. The molecule has 0 fully saturated rings. The Kier molecular flexibility index (Phi) is 4.33. The summed E-state index contributed by atoms with van der Waals surface area (Å²) < 4.78 is 1.79. The Morgan fingerprint density at radius 3 is 2.42 bits per heavy atom. The number of amides is 1. The van der Waals surface area contributed by atoms with Gasteiger partial charge in [-0.3, -0.25) is 4.79 Å². The average molecular weight is 345 g/mol. The van der Waals surface area contributed by atoms with Crippen LogP contribution >= 0.6 is 0 Å². The number of hydrogen-bond donors (Lipinski definition) is 0. The lowest BCUT2D eigenvalue weighted by atomic mass is 9.99. The quantitative estimate of drug-likeness (QED) is 0.714. The molecule has 0 unspecified atom stereocenters. The monoisotopic (exact) mass is 345 g/mol. The van der Waals surface area contributed by atoms with Crippen LogP contribution in [0.4, 0.5) is 0 Å². The van der Waals surface area contributed by atoms with E-state index >= 15 is 0 Å². The van der Waals surface area contributed by atoms with Crippen molar-refractivity contribution in [3.8, 4) is 5.69 Å². The minimum absolute atomic E-state index is 0.0442. The summed E-state index contributed by atoms with van der Waals surface area (Å²) >= 11 is 0. The van der Waals surface area contributed by atoms with Gasteiger partial charge in [-0.05, 0) is 41.7 Å². The first kappa shape index (κ1) is 16.6. The number of carbonyl (C=O) groups excluding carboxylic acids is 1. The molecule has 0 radical (unpaired) electrons.